The molecule has 3 aliphatic rings. The molecular weight excluding hydrogens is 434 g/mol. The molecule has 1 aromatic carbocycles. The number of carbonyl (C=O) groups is 3. The number of nitrogens with one attached hydrogen (secondary N) is 1. The van der Waals surface area contributed by atoms with Gasteiger partial charge in [-0.25, -0.2) is 4.79 Å². The van der Waals surface area contributed by atoms with E-state index in [2.05, 4.69) is 42.0 Å². The standard InChI is InChI=1S/C22H28BrN3O3/c1-20(2)9-14-10-21(3,12-20)13-26(14)17(27)11-25-18(28)22(4,24-19(25)29)15-7-5-6-8-16(15)23/h5-8,14H,9-13H2,1-4H3,(H,24,29)/t14-,21+,22-/m0/s1. The monoisotopic (exact) mass is 461 g/mol. The molecule has 2 heterocycles. The number of imide groups is 1. The first kappa shape index (κ1) is 20.4. The van der Waals surface area contributed by atoms with Gasteiger partial charge >= 0.3 is 6.03 Å². The quantitative estimate of drug-likeness (QED) is 0.698. The van der Waals surface area contributed by atoms with Crippen molar-refractivity contribution in [3.63, 3.8) is 0 Å². The molecule has 2 aliphatic heterocycles. The first-order valence-electron chi connectivity index (χ1n) is 10.1. The van der Waals surface area contributed by atoms with Crippen molar-refractivity contribution in [1.82, 2.24) is 15.1 Å². The van der Waals surface area contributed by atoms with E-state index in [4.69, 9.17) is 0 Å². The number of fused-ring (bicyclic) bond motifs is 2. The Labute approximate surface area is 180 Å². The lowest BCUT2D eigenvalue weighted by Gasteiger charge is -2.39. The van der Waals surface area contributed by atoms with Crippen LogP contribution in [0.15, 0.2) is 28.7 Å². The number of rotatable bonds is 3. The summed E-state index contributed by atoms with van der Waals surface area (Å²) in [7, 11) is 0. The lowest BCUT2D eigenvalue weighted by atomic mass is 9.65. The molecule has 0 spiro atoms. The zero-order valence-electron chi connectivity index (χ0n) is 17.4. The molecule has 156 valence electrons. The van der Waals surface area contributed by atoms with Crippen molar-refractivity contribution in [2.75, 3.05) is 13.1 Å². The van der Waals surface area contributed by atoms with Gasteiger partial charge in [0.2, 0.25) is 5.91 Å². The van der Waals surface area contributed by atoms with Gasteiger partial charge in [0.1, 0.15) is 12.1 Å². The SMILES string of the molecule is CC1(C)C[C@H]2C[C@@](C)(CN2C(=O)CN2C(=O)N[C@@](C)(c3ccccc3Br)C2=O)C1. The van der Waals surface area contributed by atoms with Gasteiger partial charge in [-0.2, -0.15) is 0 Å². The van der Waals surface area contributed by atoms with E-state index in [1.54, 1.807) is 13.0 Å². The predicted molar refractivity (Wildman–Crippen MR) is 113 cm³/mol. The van der Waals surface area contributed by atoms with Crippen LogP contribution >= 0.6 is 15.9 Å². The molecule has 1 saturated carbocycles. The Morgan fingerprint density at radius 2 is 1.86 bits per heavy atom. The Bertz CT molecular complexity index is 901. The summed E-state index contributed by atoms with van der Waals surface area (Å²) < 4.78 is 0.743. The van der Waals surface area contributed by atoms with E-state index in [-0.39, 0.29) is 29.3 Å². The minimum Gasteiger partial charge on any atom is -0.338 e. The smallest absolute Gasteiger partial charge is 0.325 e. The summed E-state index contributed by atoms with van der Waals surface area (Å²) in [6.45, 7) is 8.93. The lowest BCUT2D eigenvalue weighted by molar-refractivity contribution is -0.139. The van der Waals surface area contributed by atoms with E-state index < -0.39 is 17.5 Å². The maximum atomic E-state index is 13.2. The van der Waals surface area contributed by atoms with Gasteiger partial charge in [-0.15, -0.1) is 0 Å². The molecule has 0 unspecified atom stereocenters. The third-order valence-corrected chi connectivity index (χ3v) is 7.41. The van der Waals surface area contributed by atoms with Crippen molar-refractivity contribution in [1.29, 1.82) is 0 Å². The minimum absolute atomic E-state index is 0.114. The van der Waals surface area contributed by atoms with Gasteiger partial charge in [0.15, 0.2) is 0 Å². The lowest BCUT2D eigenvalue weighted by Crippen LogP contribution is -2.46. The normalized spacial score (nSPS) is 33.2. The molecule has 2 saturated heterocycles. The van der Waals surface area contributed by atoms with Crippen LogP contribution in [0.3, 0.4) is 0 Å². The van der Waals surface area contributed by atoms with Crippen LogP contribution in [0.25, 0.3) is 0 Å². The van der Waals surface area contributed by atoms with Crippen molar-refractivity contribution in [3.8, 4) is 0 Å². The number of benzene rings is 1. The molecule has 4 rings (SSSR count). The Morgan fingerprint density at radius 3 is 2.55 bits per heavy atom. The number of carbonyl (C=O) groups excluding carboxylic acids is 3. The Morgan fingerprint density at radius 1 is 1.17 bits per heavy atom. The van der Waals surface area contributed by atoms with Gasteiger partial charge < -0.3 is 10.2 Å². The van der Waals surface area contributed by atoms with Gasteiger partial charge in [0.05, 0.1) is 0 Å². The average molecular weight is 462 g/mol. The second-order valence-corrected chi connectivity index (χ2v) is 11.0. The molecule has 1 N–H and O–H groups in total. The van der Waals surface area contributed by atoms with Gasteiger partial charge in [0.25, 0.3) is 5.91 Å². The van der Waals surface area contributed by atoms with E-state index >= 15 is 0 Å². The van der Waals surface area contributed by atoms with Crippen LogP contribution in [0.4, 0.5) is 4.79 Å². The summed E-state index contributed by atoms with van der Waals surface area (Å²) in [5.74, 6) is -0.534. The van der Waals surface area contributed by atoms with E-state index in [1.807, 2.05) is 23.1 Å². The fourth-order valence-corrected chi connectivity index (χ4v) is 6.55. The second kappa shape index (κ2) is 6.56. The third-order valence-electron chi connectivity index (χ3n) is 6.72. The Kier molecular flexibility index (Phi) is 4.61. The predicted octanol–water partition coefficient (Wildman–Crippen LogP) is 3.64. The summed E-state index contributed by atoms with van der Waals surface area (Å²) in [5.41, 5.74) is -0.194. The van der Waals surface area contributed by atoms with Crippen molar-refractivity contribution >= 4 is 33.8 Å². The molecule has 1 aromatic rings. The highest BCUT2D eigenvalue weighted by atomic mass is 79.9. The van der Waals surface area contributed by atoms with E-state index in [0.717, 1.165) is 28.6 Å². The number of hydrogen-bond acceptors (Lipinski definition) is 3. The minimum atomic E-state index is -1.19. The van der Waals surface area contributed by atoms with Crippen molar-refractivity contribution in [2.24, 2.45) is 10.8 Å². The summed E-state index contributed by atoms with van der Waals surface area (Å²) >= 11 is 3.46. The number of amides is 4. The van der Waals surface area contributed by atoms with Gasteiger partial charge in [-0.05, 0) is 43.1 Å². The van der Waals surface area contributed by atoms with E-state index in [9.17, 15) is 14.4 Å². The highest BCUT2D eigenvalue weighted by Crippen LogP contribution is 2.52. The number of hydrogen-bond donors (Lipinski definition) is 1. The molecular formula is C22H28BrN3O3. The average Bonchev–Trinajstić information content (AvgIpc) is 2.99. The van der Waals surface area contributed by atoms with Crippen LogP contribution < -0.4 is 5.32 Å². The number of urea groups is 1. The van der Waals surface area contributed by atoms with Crippen molar-refractivity contribution < 1.29 is 14.4 Å². The summed E-state index contributed by atoms with van der Waals surface area (Å²) in [4.78, 5) is 41.9. The number of likely N-dealkylation sites (tertiary alicyclic amines) is 1. The summed E-state index contributed by atoms with van der Waals surface area (Å²) in [6.07, 6.45) is 3.05. The van der Waals surface area contributed by atoms with Gasteiger partial charge in [-0.1, -0.05) is 54.9 Å². The molecule has 0 aromatic heterocycles. The molecule has 7 heteroatoms. The fourth-order valence-electron chi connectivity index (χ4n) is 5.87. The molecule has 0 radical (unpaired) electrons. The van der Waals surface area contributed by atoms with Crippen LogP contribution in [0.1, 0.15) is 52.5 Å². The second-order valence-electron chi connectivity index (χ2n) is 10.2. The molecule has 6 nitrogen and oxygen atoms in total. The molecule has 3 atom stereocenters. The van der Waals surface area contributed by atoms with Gasteiger partial charge in [0, 0.05) is 22.6 Å². The van der Waals surface area contributed by atoms with Crippen LogP contribution in [0.2, 0.25) is 0 Å². The molecule has 4 amide bonds. The molecule has 2 bridgehead atoms. The van der Waals surface area contributed by atoms with Crippen LogP contribution in [-0.2, 0) is 15.1 Å². The molecule has 1 aliphatic carbocycles. The fraction of sp³-hybridized carbons (Fsp3) is 0.591. The highest BCUT2D eigenvalue weighted by molar-refractivity contribution is 9.10. The summed E-state index contributed by atoms with van der Waals surface area (Å²) in [6, 6.07) is 6.99. The molecule has 3 fully saturated rings. The van der Waals surface area contributed by atoms with Crippen LogP contribution in [-0.4, -0.2) is 46.8 Å². The summed E-state index contributed by atoms with van der Waals surface area (Å²) in [5, 5.41) is 2.79. The number of nitrogens with zero attached hydrogens (tertiary/aromatic N) is 2. The Balaban J connectivity index is 1.53. The maximum Gasteiger partial charge on any atom is 0.325 e. The zero-order valence-corrected chi connectivity index (χ0v) is 19.0. The number of halogens is 1. The molecule has 29 heavy (non-hydrogen) atoms. The van der Waals surface area contributed by atoms with Crippen LogP contribution in [0.5, 0.6) is 0 Å². The first-order chi connectivity index (χ1) is 13.4. The maximum absolute atomic E-state index is 13.2. The van der Waals surface area contributed by atoms with E-state index in [1.165, 1.54) is 0 Å². The topological polar surface area (TPSA) is 69.7 Å². The van der Waals surface area contributed by atoms with E-state index in [0.29, 0.717) is 12.1 Å². The first-order valence-corrected chi connectivity index (χ1v) is 10.9. The largest absolute Gasteiger partial charge is 0.338 e. The zero-order chi connectivity index (χ0) is 21.2. The Hall–Kier alpha value is -1.89. The van der Waals surface area contributed by atoms with Gasteiger partial charge in [-0.3, -0.25) is 14.5 Å². The third kappa shape index (κ3) is 3.37. The van der Waals surface area contributed by atoms with Crippen LogP contribution in [0, 0.1) is 10.8 Å². The van der Waals surface area contributed by atoms with Crippen molar-refractivity contribution in [2.45, 2.75) is 58.5 Å². The van der Waals surface area contributed by atoms with Crippen molar-refractivity contribution in [3.05, 3.63) is 34.3 Å². The highest BCUT2D eigenvalue weighted by Gasteiger charge is 2.53.